The van der Waals surface area contributed by atoms with E-state index in [4.69, 9.17) is 34.5 Å². The minimum atomic E-state index is -0.192. The zero-order chi connectivity index (χ0) is 16.1. The Morgan fingerprint density at radius 3 is 0.947 bits per heavy atom. The summed E-state index contributed by atoms with van der Waals surface area (Å²) in [5.74, 6) is 0. The van der Waals surface area contributed by atoms with Gasteiger partial charge in [-0.2, -0.15) is 0 Å². The maximum atomic E-state index is 7.50. The molecule has 1 aliphatic heterocycles. The van der Waals surface area contributed by atoms with Crippen LogP contribution in [0.25, 0.3) is 0 Å². The number of rotatable bonds is 2. The summed E-state index contributed by atoms with van der Waals surface area (Å²) in [6, 6.07) is 0. The molecule has 0 N–H and O–H groups in total. The summed E-state index contributed by atoms with van der Waals surface area (Å²) in [4.78, 5) is 0. The monoisotopic (exact) mass is 472 g/mol. The zero-order valence-corrected chi connectivity index (χ0v) is 14.8. The van der Waals surface area contributed by atoms with E-state index in [0.29, 0.717) is 0 Å². The van der Waals surface area contributed by atoms with E-state index in [9.17, 15) is 0 Å². The van der Waals surface area contributed by atoms with Gasteiger partial charge < -0.3 is 0 Å². The molecule has 1 heterocycles. The number of hydrogen-bond acceptors (Lipinski definition) is 0. The molecule has 0 atom stereocenters. The summed E-state index contributed by atoms with van der Waals surface area (Å²) in [6.45, 7) is 26.9. The molecule has 0 aromatic rings. The van der Waals surface area contributed by atoms with Crippen LogP contribution < -0.4 is 0 Å². The average Bonchev–Trinajstić information content (AvgIpc) is 3.18. The van der Waals surface area contributed by atoms with Crippen molar-refractivity contribution in [3.05, 3.63) is 43.9 Å². The van der Waals surface area contributed by atoms with Crippen molar-refractivity contribution in [2.24, 2.45) is 0 Å². The van der Waals surface area contributed by atoms with Gasteiger partial charge in [0.1, 0.15) is 0 Å². The van der Waals surface area contributed by atoms with Gasteiger partial charge in [0.05, 0.1) is 0 Å². The molecule has 0 fully saturated rings. The van der Waals surface area contributed by atoms with Crippen LogP contribution in [0.15, 0.2) is 10.6 Å². The predicted molar refractivity (Wildman–Crippen MR) is 60.0 cm³/mol. The quantitative estimate of drug-likeness (QED) is 0.334. The Labute approximate surface area is 133 Å². The molecule has 0 saturated carbocycles. The van der Waals surface area contributed by atoms with E-state index < -0.39 is 0 Å². The maximum absolute atomic E-state index is 7.50. The van der Waals surface area contributed by atoms with Gasteiger partial charge in [-0.25, -0.2) is 0 Å². The van der Waals surface area contributed by atoms with E-state index in [1.54, 1.807) is 10.6 Å². The molecule has 0 unspecified atom stereocenters. The molecule has 0 amide bonds. The van der Waals surface area contributed by atoms with Gasteiger partial charge in [-0.15, -0.1) is 0 Å². The van der Waals surface area contributed by atoms with Crippen LogP contribution in [0, 0.1) is 33.3 Å². The largest absolute Gasteiger partial charge is 0 e. The van der Waals surface area contributed by atoms with Crippen molar-refractivity contribution in [1.29, 1.82) is 0 Å². The summed E-state index contributed by atoms with van der Waals surface area (Å²) in [5.41, 5.74) is 0. The molecule has 0 spiro atoms. The van der Waals surface area contributed by atoms with Crippen LogP contribution in [0.2, 0.25) is 0 Å². The second-order valence-electron chi connectivity index (χ2n) is 1.88. The smallest absolute Gasteiger partial charge is 0 e. The summed E-state index contributed by atoms with van der Waals surface area (Å²) in [7, 11) is -0.192. The summed E-state index contributed by atoms with van der Waals surface area (Å²) in [6.07, 6.45) is 2.36. The average molecular weight is 472 g/mol. The summed E-state index contributed by atoms with van der Waals surface area (Å²) < 4.78 is 37.5. The molecule has 0 aliphatic carbocycles. The van der Waals surface area contributed by atoms with Crippen molar-refractivity contribution in [3.8, 4) is 0 Å². The standard InChI is InChI=1S/C6H10ClP.5CO.W/c1-3-5-6(4-2)8(5)7;5*1-2;/h3-4H2,1-2H3;;;;;;. The number of halogens is 1. The van der Waals surface area contributed by atoms with Gasteiger partial charge >= 0.3 is 56.5 Å². The zero-order valence-electron chi connectivity index (χ0n) is 10.2. The molecule has 0 saturated heterocycles. The molecule has 5 nitrogen and oxygen atoms in total. The topological polar surface area (TPSA) is 99.5 Å². The van der Waals surface area contributed by atoms with E-state index in [1.807, 2.05) is 0 Å². The minimum absolute atomic E-state index is 0. The van der Waals surface area contributed by atoms with Crippen molar-refractivity contribution in [2.45, 2.75) is 26.7 Å². The molecule has 1 aliphatic rings. The van der Waals surface area contributed by atoms with Gasteiger partial charge in [0.15, 0.2) is 0 Å². The Morgan fingerprint density at radius 1 is 0.737 bits per heavy atom. The Hall–Kier alpha value is -0.152. The Morgan fingerprint density at radius 2 is 0.895 bits per heavy atom. The van der Waals surface area contributed by atoms with Gasteiger partial charge in [0.2, 0.25) is 0 Å². The van der Waals surface area contributed by atoms with E-state index in [2.05, 4.69) is 47.1 Å². The Kier molecular flexibility index (Phi) is 82.4. The van der Waals surface area contributed by atoms with Gasteiger partial charge in [0, 0.05) is 28.3 Å². The number of hydrogen-bond donors (Lipinski definition) is 0. The van der Waals surface area contributed by atoms with Crippen LogP contribution in [0.5, 0.6) is 0 Å². The molecule has 19 heavy (non-hydrogen) atoms. The first-order valence-corrected chi connectivity index (χ1v) is 6.25. The second-order valence-corrected chi connectivity index (χ2v) is 4.54. The van der Waals surface area contributed by atoms with Crippen LogP contribution in [0.1, 0.15) is 26.7 Å². The van der Waals surface area contributed by atoms with Crippen molar-refractivity contribution in [2.75, 3.05) is 0 Å². The third-order valence-corrected chi connectivity index (χ3v) is 4.55. The van der Waals surface area contributed by atoms with Gasteiger partial charge in [-0.05, 0) is 23.5 Å². The van der Waals surface area contributed by atoms with E-state index in [1.165, 1.54) is 12.8 Å². The SMILES string of the molecule is CCC1=C(CC)P1Cl.[C-]#[O+].[C-]#[O+].[C-]#[O+].[C-]#[O+].[C-]#[O+].[W]. The minimum Gasteiger partial charge on any atom is 0 e. The maximum Gasteiger partial charge on any atom is 0 e. The fourth-order valence-corrected chi connectivity index (χ4v) is 3.73. The molecule has 8 heteroatoms. The van der Waals surface area contributed by atoms with E-state index >= 15 is 0 Å². The molecular formula is C11H10ClO5PW. The predicted octanol–water partition coefficient (Wildman–Crippen LogP) is 3.48. The van der Waals surface area contributed by atoms with Gasteiger partial charge in [-0.3, -0.25) is 0 Å². The van der Waals surface area contributed by atoms with E-state index in [-0.39, 0.29) is 28.3 Å². The van der Waals surface area contributed by atoms with Crippen molar-refractivity contribution in [1.82, 2.24) is 0 Å². The van der Waals surface area contributed by atoms with Crippen molar-refractivity contribution in [3.63, 3.8) is 0 Å². The third-order valence-electron chi connectivity index (χ3n) is 1.43. The molecular weight excluding hydrogens is 462 g/mol. The fraction of sp³-hybridized carbons (Fsp3) is 0.364. The van der Waals surface area contributed by atoms with Crippen molar-refractivity contribution < 1.29 is 44.3 Å². The Bertz CT molecular complexity index is 258. The summed E-state index contributed by atoms with van der Waals surface area (Å²) in [5, 5.41) is 3.09. The van der Waals surface area contributed by atoms with E-state index in [0.717, 1.165) is 0 Å². The fourth-order valence-electron chi connectivity index (χ4n) is 0.899. The molecule has 0 aromatic carbocycles. The van der Waals surface area contributed by atoms with Crippen LogP contribution >= 0.6 is 18.5 Å². The van der Waals surface area contributed by atoms with Crippen molar-refractivity contribution >= 4 is 18.5 Å². The molecule has 0 aromatic heterocycles. The molecule has 0 radical (unpaired) electrons. The summed E-state index contributed by atoms with van der Waals surface area (Å²) >= 11 is 5.91. The van der Waals surface area contributed by atoms with Gasteiger partial charge in [0.25, 0.3) is 0 Å². The van der Waals surface area contributed by atoms with Crippen LogP contribution in [0.3, 0.4) is 0 Å². The number of allylic oxidation sites excluding steroid dienone is 2. The van der Waals surface area contributed by atoms with Crippen LogP contribution in [-0.2, 0) is 44.3 Å². The van der Waals surface area contributed by atoms with Gasteiger partial charge in [-0.1, -0.05) is 25.1 Å². The first-order chi connectivity index (χ1) is 8.81. The normalized spacial score (nSPS) is 8.89. The van der Waals surface area contributed by atoms with Crippen LogP contribution in [0.4, 0.5) is 0 Å². The molecule has 1 rings (SSSR count). The van der Waals surface area contributed by atoms with Crippen LogP contribution in [-0.4, -0.2) is 0 Å². The molecule has 0 bridgehead atoms. The Balaban J connectivity index is -0.0000000332. The molecule has 102 valence electrons. The first-order valence-electron chi connectivity index (χ1n) is 4.01. The third kappa shape index (κ3) is 23.4. The first kappa shape index (κ1) is 36.4. The second kappa shape index (κ2) is 43.1.